The Labute approximate surface area is 142 Å². The van der Waals surface area contributed by atoms with E-state index in [4.69, 9.17) is 4.74 Å². The Morgan fingerprint density at radius 1 is 1.17 bits per heavy atom. The van der Waals surface area contributed by atoms with Crippen LogP contribution in [0.4, 0.5) is 0 Å². The molecule has 1 amide bonds. The smallest absolute Gasteiger partial charge is 0.253 e. The van der Waals surface area contributed by atoms with Crippen molar-refractivity contribution in [3.63, 3.8) is 0 Å². The standard InChI is InChI=1S/C17H20N2O4S/c1-18-24(21,22)16-6-4-5-14(11-16)17(20)19(2)12-13-7-9-15(23-3)10-8-13/h4-11,18H,12H2,1-3H3. The van der Waals surface area contributed by atoms with Gasteiger partial charge in [0.1, 0.15) is 5.75 Å². The summed E-state index contributed by atoms with van der Waals surface area (Å²) in [5, 5.41) is 0. The highest BCUT2D eigenvalue weighted by Gasteiger charge is 2.16. The minimum atomic E-state index is -3.58. The fourth-order valence-corrected chi connectivity index (χ4v) is 2.99. The molecule has 0 radical (unpaired) electrons. The van der Waals surface area contributed by atoms with Gasteiger partial charge in [-0.1, -0.05) is 18.2 Å². The third-order valence-electron chi connectivity index (χ3n) is 3.59. The van der Waals surface area contributed by atoms with Gasteiger partial charge in [-0.3, -0.25) is 4.79 Å². The second-order valence-electron chi connectivity index (χ2n) is 5.24. The highest BCUT2D eigenvalue weighted by atomic mass is 32.2. The number of amides is 1. The number of carbonyl (C=O) groups excluding carboxylic acids is 1. The van der Waals surface area contributed by atoms with Crippen LogP contribution in [0.1, 0.15) is 15.9 Å². The molecule has 24 heavy (non-hydrogen) atoms. The van der Waals surface area contributed by atoms with Crippen molar-refractivity contribution in [3.8, 4) is 5.75 Å². The Morgan fingerprint density at radius 2 is 1.83 bits per heavy atom. The molecule has 0 aliphatic carbocycles. The molecule has 0 heterocycles. The molecular weight excluding hydrogens is 328 g/mol. The highest BCUT2D eigenvalue weighted by molar-refractivity contribution is 7.89. The lowest BCUT2D eigenvalue weighted by atomic mass is 10.1. The summed E-state index contributed by atoms with van der Waals surface area (Å²) in [4.78, 5) is 14.1. The summed E-state index contributed by atoms with van der Waals surface area (Å²) in [5.41, 5.74) is 1.27. The van der Waals surface area contributed by atoms with Gasteiger partial charge in [-0.15, -0.1) is 0 Å². The minimum absolute atomic E-state index is 0.0636. The summed E-state index contributed by atoms with van der Waals surface area (Å²) in [6, 6.07) is 13.4. The van der Waals surface area contributed by atoms with Crippen LogP contribution < -0.4 is 9.46 Å². The molecule has 6 nitrogen and oxygen atoms in total. The fraction of sp³-hybridized carbons (Fsp3) is 0.235. The average Bonchev–Trinajstić information content (AvgIpc) is 2.61. The van der Waals surface area contributed by atoms with E-state index in [0.29, 0.717) is 12.1 Å². The van der Waals surface area contributed by atoms with Crippen LogP contribution in [0.15, 0.2) is 53.4 Å². The van der Waals surface area contributed by atoms with Crippen molar-refractivity contribution in [2.24, 2.45) is 0 Å². The summed E-state index contributed by atoms with van der Waals surface area (Å²) in [6.45, 7) is 0.409. The molecule has 0 saturated carbocycles. The van der Waals surface area contributed by atoms with Gasteiger partial charge >= 0.3 is 0 Å². The second kappa shape index (κ2) is 7.46. The number of ether oxygens (including phenoxy) is 1. The Balaban J connectivity index is 2.17. The average molecular weight is 348 g/mol. The quantitative estimate of drug-likeness (QED) is 0.865. The molecule has 0 atom stereocenters. The molecule has 7 heteroatoms. The molecule has 2 aromatic rings. The maximum absolute atomic E-state index is 12.5. The van der Waals surface area contributed by atoms with E-state index in [1.54, 1.807) is 26.3 Å². The van der Waals surface area contributed by atoms with E-state index in [0.717, 1.165) is 11.3 Å². The van der Waals surface area contributed by atoms with Crippen molar-refractivity contribution in [1.29, 1.82) is 0 Å². The zero-order chi connectivity index (χ0) is 17.7. The van der Waals surface area contributed by atoms with Crippen LogP contribution in [-0.2, 0) is 16.6 Å². The molecule has 0 aliphatic rings. The predicted octanol–water partition coefficient (Wildman–Crippen LogP) is 1.88. The molecular formula is C17H20N2O4S. The number of nitrogens with one attached hydrogen (secondary N) is 1. The van der Waals surface area contributed by atoms with Crippen LogP contribution in [0, 0.1) is 0 Å². The topological polar surface area (TPSA) is 75.7 Å². The molecule has 0 spiro atoms. The number of hydrogen-bond donors (Lipinski definition) is 1. The summed E-state index contributed by atoms with van der Waals surface area (Å²) in [7, 11) is 1.02. The number of hydrogen-bond acceptors (Lipinski definition) is 4. The summed E-state index contributed by atoms with van der Waals surface area (Å²) < 4.78 is 31.0. The van der Waals surface area contributed by atoms with Gasteiger partial charge < -0.3 is 9.64 Å². The molecule has 2 aromatic carbocycles. The largest absolute Gasteiger partial charge is 0.497 e. The van der Waals surface area contributed by atoms with E-state index >= 15 is 0 Å². The van der Waals surface area contributed by atoms with Gasteiger partial charge in [0.25, 0.3) is 5.91 Å². The normalized spacial score (nSPS) is 11.1. The van der Waals surface area contributed by atoms with Crippen molar-refractivity contribution < 1.29 is 17.9 Å². The molecule has 0 bridgehead atoms. The zero-order valence-electron chi connectivity index (χ0n) is 13.8. The van der Waals surface area contributed by atoms with Crippen molar-refractivity contribution in [1.82, 2.24) is 9.62 Å². The van der Waals surface area contributed by atoms with Gasteiger partial charge in [0.05, 0.1) is 12.0 Å². The maximum Gasteiger partial charge on any atom is 0.253 e. The van der Waals surface area contributed by atoms with E-state index in [9.17, 15) is 13.2 Å². The molecule has 0 fully saturated rings. The molecule has 1 N–H and O–H groups in total. The SMILES string of the molecule is CNS(=O)(=O)c1cccc(C(=O)N(C)Cc2ccc(OC)cc2)c1. The van der Waals surface area contributed by atoms with E-state index in [1.165, 1.54) is 24.1 Å². The Hall–Kier alpha value is -2.38. The number of benzene rings is 2. The fourth-order valence-electron chi connectivity index (χ4n) is 2.21. The molecule has 0 aliphatic heterocycles. The number of nitrogens with zero attached hydrogens (tertiary/aromatic N) is 1. The van der Waals surface area contributed by atoms with Crippen LogP contribution in [0.25, 0.3) is 0 Å². The van der Waals surface area contributed by atoms with Crippen LogP contribution in [0.5, 0.6) is 5.75 Å². The second-order valence-corrected chi connectivity index (χ2v) is 7.13. The van der Waals surface area contributed by atoms with E-state index in [-0.39, 0.29) is 10.8 Å². The van der Waals surface area contributed by atoms with Crippen LogP contribution >= 0.6 is 0 Å². The highest BCUT2D eigenvalue weighted by Crippen LogP contribution is 2.16. The first-order valence-corrected chi connectivity index (χ1v) is 8.77. The van der Waals surface area contributed by atoms with Crippen molar-refractivity contribution in [2.75, 3.05) is 21.2 Å². The molecule has 0 unspecified atom stereocenters. The van der Waals surface area contributed by atoms with Crippen LogP contribution in [0.2, 0.25) is 0 Å². The summed E-state index contributed by atoms with van der Waals surface area (Å²) in [5.74, 6) is 0.497. The number of carbonyl (C=O) groups is 1. The Bertz CT molecular complexity index is 817. The number of rotatable bonds is 6. The van der Waals surface area contributed by atoms with Gasteiger partial charge in [0.15, 0.2) is 0 Å². The van der Waals surface area contributed by atoms with E-state index < -0.39 is 10.0 Å². The van der Waals surface area contributed by atoms with Crippen molar-refractivity contribution in [3.05, 3.63) is 59.7 Å². The van der Waals surface area contributed by atoms with Crippen molar-refractivity contribution in [2.45, 2.75) is 11.4 Å². The van der Waals surface area contributed by atoms with E-state index in [2.05, 4.69) is 4.72 Å². The maximum atomic E-state index is 12.5. The van der Waals surface area contributed by atoms with Crippen LogP contribution in [0.3, 0.4) is 0 Å². The number of methoxy groups -OCH3 is 1. The first-order valence-electron chi connectivity index (χ1n) is 7.29. The first-order chi connectivity index (χ1) is 11.4. The van der Waals surface area contributed by atoms with Gasteiger partial charge in [-0.2, -0.15) is 0 Å². The van der Waals surface area contributed by atoms with E-state index in [1.807, 2.05) is 24.3 Å². The van der Waals surface area contributed by atoms with Crippen LogP contribution in [-0.4, -0.2) is 40.4 Å². The number of sulfonamides is 1. The van der Waals surface area contributed by atoms with Gasteiger partial charge in [-0.25, -0.2) is 13.1 Å². The predicted molar refractivity (Wildman–Crippen MR) is 91.5 cm³/mol. The molecule has 0 aromatic heterocycles. The lowest BCUT2D eigenvalue weighted by Crippen LogP contribution is -2.26. The van der Waals surface area contributed by atoms with Crippen molar-refractivity contribution >= 4 is 15.9 Å². The van der Waals surface area contributed by atoms with Gasteiger partial charge in [0, 0.05) is 19.2 Å². The first kappa shape index (κ1) is 18.0. The van der Waals surface area contributed by atoms with Gasteiger partial charge in [0.2, 0.25) is 10.0 Å². The van der Waals surface area contributed by atoms with Gasteiger partial charge in [-0.05, 0) is 42.9 Å². The summed E-state index contributed by atoms with van der Waals surface area (Å²) >= 11 is 0. The Kier molecular flexibility index (Phi) is 5.58. The lowest BCUT2D eigenvalue weighted by molar-refractivity contribution is 0.0785. The molecule has 0 saturated heterocycles. The Morgan fingerprint density at radius 3 is 2.42 bits per heavy atom. The molecule has 128 valence electrons. The summed E-state index contributed by atoms with van der Waals surface area (Å²) in [6.07, 6.45) is 0. The lowest BCUT2D eigenvalue weighted by Gasteiger charge is -2.18. The third-order valence-corrected chi connectivity index (χ3v) is 5.00. The third kappa shape index (κ3) is 4.12. The minimum Gasteiger partial charge on any atom is -0.497 e. The zero-order valence-corrected chi connectivity index (χ0v) is 14.6. The molecule has 2 rings (SSSR count). The monoisotopic (exact) mass is 348 g/mol.